The van der Waals surface area contributed by atoms with Gasteiger partial charge in [-0.1, -0.05) is 18.1 Å². The molecule has 0 N–H and O–H groups in total. The van der Waals surface area contributed by atoms with Crippen molar-refractivity contribution in [2.75, 3.05) is 13.7 Å². The van der Waals surface area contributed by atoms with Gasteiger partial charge >= 0.3 is 0 Å². The minimum Gasteiger partial charge on any atom is -0.497 e. The van der Waals surface area contributed by atoms with Gasteiger partial charge in [0, 0.05) is 0 Å². The molecule has 2 nitrogen and oxygen atoms in total. The molecule has 2 atom stereocenters. The molecule has 0 radical (unpaired) electrons. The van der Waals surface area contributed by atoms with Gasteiger partial charge in [0.15, 0.2) is 0 Å². The van der Waals surface area contributed by atoms with Crippen LogP contribution in [-0.4, -0.2) is 19.8 Å². The lowest BCUT2D eigenvalue weighted by molar-refractivity contribution is 0.395. The van der Waals surface area contributed by atoms with E-state index in [-0.39, 0.29) is 12.0 Å². The second kappa shape index (κ2) is 3.73. The predicted octanol–water partition coefficient (Wildman–Crippen LogP) is 1.81. The number of ether oxygens (including phenoxy) is 2. The van der Waals surface area contributed by atoms with Crippen molar-refractivity contribution in [3.8, 4) is 18.1 Å². The van der Waals surface area contributed by atoms with Crippen molar-refractivity contribution in [3.05, 3.63) is 29.8 Å². The molecule has 0 aliphatic carbocycles. The number of rotatable bonds is 3. The number of hydrogen-bond donors (Lipinski definition) is 0. The summed E-state index contributed by atoms with van der Waals surface area (Å²) in [6.45, 7) is 0.779. The summed E-state index contributed by atoms with van der Waals surface area (Å²) in [5.74, 6) is 3.68. The summed E-state index contributed by atoms with van der Waals surface area (Å²) in [4.78, 5) is 0. The monoisotopic (exact) mass is 188 g/mol. The van der Waals surface area contributed by atoms with Crippen LogP contribution in [0.15, 0.2) is 24.3 Å². The van der Waals surface area contributed by atoms with E-state index in [0.29, 0.717) is 0 Å². The maximum atomic E-state index is 5.46. The highest BCUT2D eigenvalue weighted by atomic mass is 16.6. The molecule has 1 aromatic rings. The number of methoxy groups -OCH3 is 1. The van der Waals surface area contributed by atoms with E-state index in [0.717, 1.165) is 17.9 Å². The molecule has 2 heteroatoms. The molecular weight excluding hydrogens is 176 g/mol. The molecule has 14 heavy (non-hydrogen) atoms. The summed E-state index contributed by atoms with van der Waals surface area (Å²) in [7, 11) is 1.65. The van der Waals surface area contributed by atoms with Crippen LogP contribution < -0.4 is 4.74 Å². The van der Waals surface area contributed by atoms with Crippen LogP contribution in [0.3, 0.4) is 0 Å². The van der Waals surface area contributed by atoms with E-state index in [1.54, 1.807) is 7.11 Å². The van der Waals surface area contributed by atoms with E-state index in [2.05, 4.69) is 5.92 Å². The molecule has 1 aliphatic rings. The first-order valence-corrected chi connectivity index (χ1v) is 4.57. The molecule has 2 rings (SSSR count). The normalized spacial score (nSPS) is 21.0. The van der Waals surface area contributed by atoms with Crippen molar-refractivity contribution in [1.29, 1.82) is 0 Å². The molecule has 1 saturated heterocycles. The zero-order valence-corrected chi connectivity index (χ0v) is 8.07. The summed E-state index contributed by atoms with van der Waals surface area (Å²) in [5, 5.41) is 0. The summed E-state index contributed by atoms with van der Waals surface area (Å²) in [6, 6.07) is 7.82. The molecule has 0 saturated carbocycles. The minimum absolute atomic E-state index is 0.0842. The van der Waals surface area contributed by atoms with Gasteiger partial charge in [-0.25, -0.2) is 0 Å². The lowest BCUT2D eigenvalue weighted by Gasteiger charge is -2.08. The van der Waals surface area contributed by atoms with Gasteiger partial charge in [-0.05, 0) is 17.7 Å². The average Bonchev–Trinajstić information content (AvgIpc) is 3.04. The van der Waals surface area contributed by atoms with Gasteiger partial charge < -0.3 is 9.47 Å². The zero-order chi connectivity index (χ0) is 9.97. The number of hydrogen-bond acceptors (Lipinski definition) is 2. The van der Waals surface area contributed by atoms with E-state index in [9.17, 15) is 0 Å². The first kappa shape index (κ1) is 9.11. The largest absolute Gasteiger partial charge is 0.497 e. The Labute approximate surface area is 83.8 Å². The highest BCUT2D eigenvalue weighted by Gasteiger charge is 2.32. The molecule has 0 spiro atoms. The molecule has 0 amide bonds. The van der Waals surface area contributed by atoms with E-state index >= 15 is 0 Å². The summed E-state index contributed by atoms with van der Waals surface area (Å²) >= 11 is 0. The first-order chi connectivity index (χ1) is 6.85. The summed E-state index contributed by atoms with van der Waals surface area (Å²) in [5.41, 5.74) is 1.12. The second-order valence-corrected chi connectivity index (χ2v) is 3.29. The van der Waals surface area contributed by atoms with Crippen LogP contribution in [0.25, 0.3) is 0 Å². The number of terminal acetylenes is 1. The van der Waals surface area contributed by atoms with Gasteiger partial charge in [-0.15, -0.1) is 6.42 Å². The highest BCUT2D eigenvalue weighted by Crippen LogP contribution is 2.29. The van der Waals surface area contributed by atoms with Gasteiger partial charge in [-0.3, -0.25) is 0 Å². The Morgan fingerprint density at radius 1 is 1.50 bits per heavy atom. The fourth-order valence-electron chi connectivity index (χ4n) is 1.48. The van der Waals surface area contributed by atoms with Crippen molar-refractivity contribution >= 4 is 0 Å². The summed E-state index contributed by atoms with van der Waals surface area (Å²) < 4.78 is 10.3. The Bertz CT molecular complexity index is 344. The van der Waals surface area contributed by atoms with Crippen molar-refractivity contribution in [2.45, 2.75) is 12.0 Å². The van der Waals surface area contributed by atoms with E-state index in [1.807, 2.05) is 24.3 Å². The Balaban J connectivity index is 2.18. The van der Waals surface area contributed by atoms with Crippen LogP contribution in [0.1, 0.15) is 11.5 Å². The van der Waals surface area contributed by atoms with Gasteiger partial charge in [0.25, 0.3) is 0 Å². The number of benzene rings is 1. The summed E-state index contributed by atoms with van der Waals surface area (Å²) in [6.07, 6.45) is 5.67. The van der Waals surface area contributed by atoms with Gasteiger partial charge in [0.1, 0.15) is 5.75 Å². The van der Waals surface area contributed by atoms with Gasteiger partial charge in [-0.2, -0.15) is 0 Å². The third-order valence-corrected chi connectivity index (χ3v) is 2.39. The maximum Gasteiger partial charge on any atom is 0.118 e. The van der Waals surface area contributed by atoms with Crippen LogP contribution in [0.4, 0.5) is 0 Å². The number of epoxide rings is 1. The standard InChI is InChI=1S/C12H12O2/c1-3-11(12-8-14-12)9-4-6-10(13-2)7-5-9/h1,4-7,11-12H,8H2,2H3. The minimum atomic E-state index is 0.0842. The van der Waals surface area contributed by atoms with Crippen LogP contribution in [0.5, 0.6) is 5.75 Å². The van der Waals surface area contributed by atoms with Gasteiger partial charge in [0.2, 0.25) is 0 Å². The smallest absolute Gasteiger partial charge is 0.118 e. The van der Waals surface area contributed by atoms with Gasteiger partial charge in [0.05, 0.1) is 25.7 Å². The fraction of sp³-hybridized carbons (Fsp3) is 0.333. The van der Waals surface area contributed by atoms with Crippen molar-refractivity contribution in [1.82, 2.24) is 0 Å². The zero-order valence-electron chi connectivity index (χ0n) is 8.07. The molecule has 1 heterocycles. The van der Waals surface area contributed by atoms with Crippen LogP contribution >= 0.6 is 0 Å². The topological polar surface area (TPSA) is 21.8 Å². The van der Waals surface area contributed by atoms with Crippen LogP contribution in [-0.2, 0) is 4.74 Å². The molecular formula is C12H12O2. The first-order valence-electron chi connectivity index (χ1n) is 4.57. The van der Waals surface area contributed by atoms with Crippen molar-refractivity contribution in [3.63, 3.8) is 0 Å². The third kappa shape index (κ3) is 1.73. The highest BCUT2D eigenvalue weighted by molar-refractivity contribution is 5.34. The molecule has 1 aliphatic heterocycles. The lowest BCUT2D eigenvalue weighted by Crippen LogP contribution is -2.03. The van der Waals surface area contributed by atoms with Crippen LogP contribution in [0.2, 0.25) is 0 Å². The molecule has 0 aromatic heterocycles. The van der Waals surface area contributed by atoms with E-state index in [4.69, 9.17) is 15.9 Å². The van der Waals surface area contributed by atoms with Crippen molar-refractivity contribution < 1.29 is 9.47 Å². The molecule has 0 bridgehead atoms. The molecule has 1 aromatic carbocycles. The van der Waals surface area contributed by atoms with Crippen molar-refractivity contribution in [2.24, 2.45) is 0 Å². The van der Waals surface area contributed by atoms with Crippen LogP contribution in [0, 0.1) is 12.3 Å². The van der Waals surface area contributed by atoms with E-state index in [1.165, 1.54) is 0 Å². The third-order valence-electron chi connectivity index (χ3n) is 2.39. The molecule has 1 fully saturated rings. The molecule has 72 valence electrons. The second-order valence-electron chi connectivity index (χ2n) is 3.29. The average molecular weight is 188 g/mol. The van der Waals surface area contributed by atoms with E-state index < -0.39 is 0 Å². The molecule has 2 unspecified atom stereocenters. The Morgan fingerprint density at radius 3 is 2.57 bits per heavy atom. The SMILES string of the molecule is C#CC(c1ccc(OC)cc1)C1CO1. The Morgan fingerprint density at radius 2 is 2.14 bits per heavy atom. The lowest BCUT2D eigenvalue weighted by atomic mass is 9.97. The fourth-order valence-corrected chi connectivity index (χ4v) is 1.48. The predicted molar refractivity (Wildman–Crippen MR) is 54.3 cm³/mol. The Hall–Kier alpha value is -1.46. The maximum absolute atomic E-state index is 5.46. The quantitative estimate of drug-likeness (QED) is 0.533. The Kier molecular flexibility index (Phi) is 2.43.